The molecule has 1 aromatic rings. The lowest BCUT2D eigenvalue weighted by Crippen LogP contribution is -2.44. The highest BCUT2D eigenvalue weighted by Crippen LogP contribution is 2.33. The van der Waals surface area contributed by atoms with Crippen molar-refractivity contribution in [1.82, 2.24) is 20.5 Å². The van der Waals surface area contributed by atoms with Gasteiger partial charge in [0.2, 0.25) is 0 Å². The van der Waals surface area contributed by atoms with Gasteiger partial charge in [-0.25, -0.2) is 4.98 Å². The highest BCUT2D eigenvalue weighted by Gasteiger charge is 2.36. The van der Waals surface area contributed by atoms with Crippen molar-refractivity contribution in [2.45, 2.75) is 57.8 Å². The third-order valence-corrected chi connectivity index (χ3v) is 3.72. The molecule has 0 bridgehead atoms. The molecule has 1 atom stereocenters. The van der Waals surface area contributed by atoms with E-state index in [9.17, 15) is 0 Å². The van der Waals surface area contributed by atoms with Crippen LogP contribution in [0.1, 0.15) is 64.0 Å². The molecular weight excluding hydrogens is 212 g/mol. The second-order valence-corrected chi connectivity index (χ2v) is 5.51. The van der Waals surface area contributed by atoms with Crippen LogP contribution in [0.15, 0.2) is 0 Å². The molecule has 1 unspecified atom stereocenters. The first kappa shape index (κ1) is 12.6. The third-order valence-electron chi connectivity index (χ3n) is 3.72. The van der Waals surface area contributed by atoms with E-state index in [1.807, 2.05) is 0 Å². The quantitative estimate of drug-likeness (QED) is 0.843. The van der Waals surface area contributed by atoms with E-state index in [1.54, 1.807) is 0 Å². The van der Waals surface area contributed by atoms with E-state index in [1.165, 1.54) is 25.7 Å². The molecule has 0 radical (unpaired) electrons. The molecule has 96 valence electrons. The fraction of sp³-hybridized carbons (Fsp3) is 0.846. The topological polar surface area (TPSA) is 53.6 Å². The van der Waals surface area contributed by atoms with E-state index >= 15 is 0 Å². The molecule has 0 aliphatic carbocycles. The second kappa shape index (κ2) is 5.17. The Bertz CT molecular complexity index is 345. The molecule has 0 saturated carbocycles. The van der Waals surface area contributed by atoms with Crippen molar-refractivity contribution >= 4 is 0 Å². The van der Waals surface area contributed by atoms with Crippen LogP contribution < -0.4 is 5.32 Å². The van der Waals surface area contributed by atoms with Gasteiger partial charge in [0.05, 0.1) is 0 Å². The van der Waals surface area contributed by atoms with Crippen molar-refractivity contribution in [2.75, 3.05) is 13.1 Å². The molecule has 17 heavy (non-hydrogen) atoms. The monoisotopic (exact) mass is 236 g/mol. The van der Waals surface area contributed by atoms with Crippen molar-refractivity contribution in [3.8, 4) is 0 Å². The molecule has 2 heterocycles. The van der Waals surface area contributed by atoms with Crippen LogP contribution in [-0.4, -0.2) is 28.3 Å². The van der Waals surface area contributed by atoms with Crippen molar-refractivity contribution < 1.29 is 0 Å². The first-order valence-electron chi connectivity index (χ1n) is 6.81. The van der Waals surface area contributed by atoms with Crippen LogP contribution in [0.2, 0.25) is 0 Å². The molecule has 4 heteroatoms. The minimum absolute atomic E-state index is 0.163. The van der Waals surface area contributed by atoms with Crippen molar-refractivity contribution in [1.29, 1.82) is 0 Å². The maximum Gasteiger partial charge on any atom is 0.158 e. The lowest BCUT2D eigenvalue weighted by Gasteiger charge is -2.35. The summed E-state index contributed by atoms with van der Waals surface area (Å²) < 4.78 is 0. The molecule has 2 rings (SSSR count). The number of hydrogen-bond acceptors (Lipinski definition) is 3. The number of aromatic amines is 1. The van der Waals surface area contributed by atoms with Gasteiger partial charge in [-0.05, 0) is 25.8 Å². The smallest absolute Gasteiger partial charge is 0.158 e. The van der Waals surface area contributed by atoms with E-state index in [2.05, 4.69) is 36.3 Å². The van der Waals surface area contributed by atoms with Crippen LogP contribution in [0.5, 0.6) is 0 Å². The number of rotatable bonds is 4. The molecule has 0 spiro atoms. The molecule has 1 aliphatic rings. The predicted octanol–water partition coefficient (Wildman–Crippen LogP) is 2.35. The maximum atomic E-state index is 4.72. The first-order valence-corrected chi connectivity index (χ1v) is 6.81. The van der Waals surface area contributed by atoms with E-state index in [0.29, 0.717) is 5.92 Å². The number of hydrogen-bond donors (Lipinski definition) is 2. The Balaban J connectivity index is 2.24. The summed E-state index contributed by atoms with van der Waals surface area (Å²) >= 11 is 0. The summed E-state index contributed by atoms with van der Waals surface area (Å²) in [5.41, 5.74) is 0.163. The van der Waals surface area contributed by atoms with E-state index in [-0.39, 0.29) is 5.41 Å². The summed E-state index contributed by atoms with van der Waals surface area (Å²) in [6, 6.07) is 0. The van der Waals surface area contributed by atoms with Gasteiger partial charge in [-0.1, -0.05) is 27.2 Å². The van der Waals surface area contributed by atoms with Gasteiger partial charge in [0.1, 0.15) is 5.82 Å². The number of piperidine rings is 1. The highest BCUT2D eigenvalue weighted by molar-refractivity contribution is 5.12. The summed E-state index contributed by atoms with van der Waals surface area (Å²) in [5.74, 6) is 2.46. The second-order valence-electron chi connectivity index (χ2n) is 5.51. The Labute approximate surface area is 104 Å². The van der Waals surface area contributed by atoms with E-state index < -0.39 is 0 Å². The summed E-state index contributed by atoms with van der Waals surface area (Å²) in [4.78, 5) is 4.72. The summed E-state index contributed by atoms with van der Waals surface area (Å²) in [6.45, 7) is 8.70. The average Bonchev–Trinajstić information content (AvgIpc) is 2.80. The van der Waals surface area contributed by atoms with Crippen LogP contribution in [0.25, 0.3) is 0 Å². The molecule has 0 aromatic carbocycles. The van der Waals surface area contributed by atoms with Gasteiger partial charge in [0, 0.05) is 17.9 Å². The molecule has 1 saturated heterocycles. The van der Waals surface area contributed by atoms with Gasteiger partial charge in [-0.2, -0.15) is 5.10 Å². The Hall–Kier alpha value is -0.900. The molecule has 1 aromatic heterocycles. The predicted molar refractivity (Wildman–Crippen MR) is 69.2 cm³/mol. The molecule has 1 aliphatic heterocycles. The lowest BCUT2D eigenvalue weighted by molar-refractivity contribution is 0.276. The fourth-order valence-electron chi connectivity index (χ4n) is 2.73. The summed E-state index contributed by atoms with van der Waals surface area (Å²) in [7, 11) is 0. The molecule has 4 nitrogen and oxygen atoms in total. The number of aromatic nitrogens is 3. The lowest BCUT2D eigenvalue weighted by atomic mass is 9.76. The molecule has 0 amide bonds. The zero-order chi connectivity index (χ0) is 12.3. The highest BCUT2D eigenvalue weighted by atomic mass is 15.2. The Morgan fingerprint density at radius 2 is 2.24 bits per heavy atom. The minimum Gasteiger partial charge on any atom is -0.316 e. The number of H-pyrrole nitrogens is 1. The van der Waals surface area contributed by atoms with E-state index in [0.717, 1.165) is 24.7 Å². The Morgan fingerprint density at radius 1 is 1.41 bits per heavy atom. The average molecular weight is 236 g/mol. The number of nitrogens with one attached hydrogen (secondary N) is 2. The van der Waals surface area contributed by atoms with Gasteiger partial charge in [0.25, 0.3) is 0 Å². The van der Waals surface area contributed by atoms with Crippen LogP contribution in [0.4, 0.5) is 0 Å². The zero-order valence-corrected chi connectivity index (χ0v) is 11.2. The van der Waals surface area contributed by atoms with Gasteiger partial charge in [-0.15, -0.1) is 0 Å². The largest absolute Gasteiger partial charge is 0.316 e. The van der Waals surface area contributed by atoms with Crippen LogP contribution in [-0.2, 0) is 5.41 Å². The van der Waals surface area contributed by atoms with Crippen LogP contribution >= 0.6 is 0 Å². The number of nitrogens with zero attached hydrogens (tertiary/aromatic N) is 2. The fourth-order valence-corrected chi connectivity index (χ4v) is 2.73. The van der Waals surface area contributed by atoms with E-state index in [4.69, 9.17) is 4.98 Å². The van der Waals surface area contributed by atoms with Crippen LogP contribution in [0.3, 0.4) is 0 Å². The Kier molecular flexibility index (Phi) is 3.82. The van der Waals surface area contributed by atoms with Crippen molar-refractivity contribution in [3.63, 3.8) is 0 Å². The summed E-state index contributed by atoms with van der Waals surface area (Å²) in [5, 5.41) is 11.1. The van der Waals surface area contributed by atoms with Crippen LogP contribution in [0, 0.1) is 0 Å². The maximum absolute atomic E-state index is 4.72. The van der Waals surface area contributed by atoms with Gasteiger partial charge in [0.15, 0.2) is 5.82 Å². The zero-order valence-electron chi connectivity index (χ0n) is 11.2. The summed E-state index contributed by atoms with van der Waals surface area (Å²) in [6.07, 6.45) is 4.80. The van der Waals surface area contributed by atoms with Gasteiger partial charge >= 0.3 is 0 Å². The minimum atomic E-state index is 0.163. The standard InChI is InChI=1S/C13H24N4/c1-4-6-13(7-5-8-14-9-13)12-15-11(10(2)3)16-17-12/h10,14H,4-9H2,1-3H3,(H,15,16,17). The van der Waals surface area contributed by atoms with Gasteiger partial charge < -0.3 is 5.32 Å². The normalized spacial score (nSPS) is 25.4. The SMILES string of the molecule is CCCC1(c2n[nH]c(C(C)C)n2)CCCNC1. The molecule has 2 N–H and O–H groups in total. The van der Waals surface area contributed by atoms with Gasteiger partial charge in [-0.3, -0.25) is 5.10 Å². The third kappa shape index (κ3) is 2.51. The first-order chi connectivity index (χ1) is 8.18. The molecular formula is C13H24N4. The van der Waals surface area contributed by atoms with Crippen molar-refractivity contribution in [3.05, 3.63) is 11.6 Å². The Morgan fingerprint density at radius 3 is 2.76 bits per heavy atom. The molecule has 1 fully saturated rings. The van der Waals surface area contributed by atoms with Crippen molar-refractivity contribution in [2.24, 2.45) is 0 Å².